The van der Waals surface area contributed by atoms with E-state index in [4.69, 9.17) is 11.6 Å². The fourth-order valence-electron chi connectivity index (χ4n) is 2.54. The van der Waals surface area contributed by atoms with Crippen molar-refractivity contribution in [3.63, 3.8) is 0 Å². The van der Waals surface area contributed by atoms with E-state index in [0.717, 1.165) is 12.1 Å². The molecule has 1 aliphatic heterocycles. The number of aliphatic imine (C=N–C) groups is 1. The Morgan fingerprint density at radius 3 is 2.67 bits per heavy atom. The molecule has 0 unspecified atom stereocenters. The number of carbonyl (C=O) groups excluding carboxylic acids is 1. The van der Waals surface area contributed by atoms with E-state index >= 15 is 0 Å². The van der Waals surface area contributed by atoms with Crippen LogP contribution in [0.15, 0.2) is 58.4 Å². The van der Waals surface area contributed by atoms with Gasteiger partial charge >= 0.3 is 0 Å². The highest BCUT2D eigenvalue weighted by atomic mass is 35.5. The molecular formula is C19H16ClN3O3S. The first-order valence-corrected chi connectivity index (χ1v) is 9.48. The van der Waals surface area contributed by atoms with Crippen molar-refractivity contribution in [3.05, 3.63) is 74.1 Å². The summed E-state index contributed by atoms with van der Waals surface area (Å²) in [5, 5.41) is 11.7. The number of halogens is 1. The van der Waals surface area contributed by atoms with Crippen molar-refractivity contribution in [2.24, 2.45) is 4.99 Å². The predicted octanol–water partition coefficient (Wildman–Crippen LogP) is 5.26. The van der Waals surface area contributed by atoms with E-state index in [9.17, 15) is 14.9 Å². The monoisotopic (exact) mass is 401 g/mol. The molecule has 6 nitrogen and oxygen atoms in total. The van der Waals surface area contributed by atoms with Crippen molar-refractivity contribution < 1.29 is 9.72 Å². The van der Waals surface area contributed by atoms with E-state index in [0.29, 0.717) is 22.2 Å². The van der Waals surface area contributed by atoms with Crippen LogP contribution in [0.2, 0.25) is 5.02 Å². The van der Waals surface area contributed by atoms with Crippen LogP contribution in [-0.4, -0.2) is 27.4 Å². The number of thioether (sulfide) groups is 1. The number of hydrogen-bond acceptors (Lipinski definition) is 5. The lowest BCUT2D eigenvalue weighted by atomic mass is 10.2. The molecule has 2 aromatic rings. The first kappa shape index (κ1) is 19.1. The molecule has 27 heavy (non-hydrogen) atoms. The average molecular weight is 402 g/mol. The van der Waals surface area contributed by atoms with Crippen LogP contribution >= 0.6 is 23.4 Å². The molecule has 1 heterocycles. The maximum absolute atomic E-state index is 12.8. The van der Waals surface area contributed by atoms with E-state index in [1.807, 2.05) is 37.3 Å². The first-order chi connectivity index (χ1) is 13.0. The fraction of sp³-hybridized carbons (Fsp3) is 0.158. The minimum absolute atomic E-state index is 0.0616. The van der Waals surface area contributed by atoms with Gasteiger partial charge in [0.1, 0.15) is 5.02 Å². The second-order valence-electron chi connectivity index (χ2n) is 5.77. The number of nitro groups is 1. The fourth-order valence-corrected chi connectivity index (χ4v) is 3.75. The van der Waals surface area contributed by atoms with Crippen molar-refractivity contribution >= 4 is 51.9 Å². The molecule has 0 N–H and O–H groups in total. The number of para-hydroxylation sites is 1. The average Bonchev–Trinajstić information content (AvgIpc) is 2.93. The van der Waals surface area contributed by atoms with Crippen LogP contribution in [0.4, 0.5) is 11.4 Å². The Kier molecular flexibility index (Phi) is 5.93. The highest BCUT2D eigenvalue weighted by molar-refractivity contribution is 8.18. The summed E-state index contributed by atoms with van der Waals surface area (Å²) in [4.78, 5) is 30.0. The number of amidine groups is 1. The maximum atomic E-state index is 12.8. The molecule has 0 radical (unpaired) electrons. The van der Waals surface area contributed by atoms with Crippen LogP contribution in [0.25, 0.3) is 6.08 Å². The summed E-state index contributed by atoms with van der Waals surface area (Å²) in [7, 11) is 0. The largest absolute Gasteiger partial charge is 0.288 e. The third-order valence-corrected chi connectivity index (χ3v) is 5.11. The first-order valence-electron chi connectivity index (χ1n) is 8.28. The molecule has 2 aromatic carbocycles. The van der Waals surface area contributed by atoms with Crippen LogP contribution < -0.4 is 0 Å². The Hall–Kier alpha value is -2.64. The van der Waals surface area contributed by atoms with Gasteiger partial charge in [-0.1, -0.05) is 42.8 Å². The molecule has 1 fully saturated rings. The van der Waals surface area contributed by atoms with Gasteiger partial charge in [0.05, 0.1) is 15.5 Å². The van der Waals surface area contributed by atoms with Crippen LogP contribution in [0, 0.1) is 10.1 Å². The van der Waals surface area contributed by atoms with Gasteiger partial charge in [-0.15, -0.1) is 0 Å². The van der Waals surface area contributed by atoms with Crippen LogP contribution in [0.5, 0.6) is 0 Å². The number of amides is 1. The number of carbonyl (C=O) groups is 1. The van der Waals surface area contributed by atoms with Crippen molar-refractivity contribution in [1.82, 2.24) is 4.90 Å². The number of hydrogen-bond donors (Lipinski definition) is 0. The number of nitrogens with zero attached hydrogens (tertiary/aromatic N) is 3. The van der Waals surface area contributed by atoms with E-state index < -0.39 is 4.92 Å². The Labute approximate surface area is 165 Å². The molecule has 1 amide bonds. The molecule has 8 heteroatoms. The molecule has 0 saturated carbocycles. The normalized spacial score (nSPS) is 17.1. The zero-order valence-electron chi connectivity index (χ0n) is 14.5. The molecule has 138 valence electrons. The van der Waals surface area contributed by atoms with Crippen molar-refractivity contribution in [1.29, 1.82) is 0 Å². The molecule has 0 spiro atoms. The summed E-state index contributed by atoms with van der Waals surface area (Å²) >= 11 is 7.11. The van der Waals surface area contributed by atoms with Gasteiger partial charge in [0, 0.05) is 12.6 Å². The number of nitro benzene ring substituents is 1. The highest BCUT2D eigenvalue weighted by Crippen LogP contribution is 2.35. The lowest BCUT2D eigenvalue weighted by Gasteiger charge is -2.13. The van der Waals surface area contributed by atoms with Crippen LogP contribution in [-0.2, 0) is 4.79 Å². The lowest BCUT2D eigenvalue weighted by molar-refractivity contribution is -0.384. The van der Waals surface area contributed by atoms with Gasteiger partial charge in [-0.25, -0.2) is 4.99 Å². The standard InChI is InChI=1S/C19H16ClN3O3S/c1-2-10-22-18(24)17(27-19(22)21-14-6-4-3-5-7-14)12-13-8-9-15(20)16(11-13)23(25)26/h3-9,11-12H,2,10H2,1H3. The lowest BCUT2D eigenvalue weighted by Crippen LogP contribution is -2.29. The highest BCUT2D eigenvalue weighted by Gasteiger charge is 2.32. The van der Waals surface area contributed by atoms with Gasteiger partial charge in [-0.2, -0.15) is 0 Å². The zero-order chi connectivity index (χ0) is 19.4. The van der Waals surface area contributed by atoms with E-state index in [2.05, 4.69) is 4.99 Å². The number of rotatable bonds is 5. The maximum Gasteiger partial charge on any atom is 0.288 e. The van der Waals surface area contributed by atoms with Gasteiger partial charge in [0.2, 0.25) is 0 Å². The quantitative estimate of drug-likeness (QED) is 0.389. The predicted molar refractivity (Wildman–Crippen MR) is 109 cm³/mol. The van der Waals surface area contributed by atoms with Crippen molar-refractivity contribution in [3.8, 4) is 0 Å². The minimum Gasteiger partial charge on any atom is -0.286 e. The Bertz CT molecular complexity index is 944. The molecule has 0 aliphatic carbocycles. The number of benzene rings is 2. The van der Waals surface area contributed by atoms with Gasteiger partial charge in [0.25, 0.3) is 11.6 Å². The third kappa shape index (κ3) is 4.37. The molecule has 1 aliphatic rings. The third-order valence-electron chi connectivity index (χ3n) is 3.78. The van der Waals surface area contributed by atoms with E-state index in [1.165, 1.54) is 23.9 Å². The zero-order valence-corrected chi connectivity index (χ0v) is 16.0. The molecule has 0 bridgehead atoms. The SMILES string of the molecule is CCCN1C(=O)C(=Cc2ccc(Cl)c([N+](=O)[O-])c2)SC1=Nc1ccccc1. The Morgan fingerprint density at radius 1 is 1.26 bits per heavy atom. The van der Waals surface area contributed by atoms with Crippen LogP contribution in [0.1, 0.15) is 18.9 Å². The van der Waals surface area contributed by atoms with Crippen molar-refractivity contribution in [2.45, 2.75) is 13.3 Å². The smallest absolute Gasteiger partial charge is 0.286 e. The molecule has 0 aromatic heterocycles. The Morgan fingerprint density at radius 2 is 2.00 bits per heavy atom. The van der Waals surface area contributed by atoms with Gasteiger partial charge in [-0.3, -0.25) is 19.8 Å². The minimum atomic E-state index is -0.542. The summed E-state index contributed by atoms with van der Waals surface area (Å²) in [5.74, 6) is -0.158. The summed E-state index contributed by atoms with van der Waals surface area (Å²) in [6.07, 6.45) is 2.42. The molecule has 3 rings (SSSR count). The van der Waals surface area contributed by atoms with Crippen molar-refractivity contribution in [2.75, 3.05) is 6.54 Å². The van der Waals surface area contributed by atoms with Gasteiger partial charge < -0.3 is 0 Å². The van der Waals surface area contributed by atoms with Gasteiger partial charge in [-0.05, 0) is 48.0 Å². The van der Waals surface area contributed by atoms with Crippen LogP contribution in [0.3, 0.4) is 0 Å². The Balaban J connectivity index is 1.96. The summed E-state index contributed by atoms with van der Waals surface area (Å²) < 4.78 is 0. The molecule has 1 saturated heterocycles. The second-order valence-corrected chi connectivity index (χ2v) is 7.18. The summed E-state index contributed by atoms with van der Waals surface area (Å²) in [6, 6.07) is 13.9. The summed E-state index contributed by atoms with van der Waals surface area (Å²) in [6.45, 7) is 2.54. The topological polar surface area (TPSA) is 75.8 Å². The molecular weight excluding hydrogens is 386 g/mol. The second kappa shape index (κ2) is 8.37. The van der Waals surface area contributed by atoms with E-state index in [1.54, 1.807) is 17.0 Å². The van der Waals surface area contributed by atoms with Gasteiger partial charge in [0.15, 0.2) is 5.17 Å². The molecule has 0 atom stereocenters. The van der Waals surface area contributed by atoms with E-state index in [-0.39, 0.29) is 16.6 Å². The summed E-state index contributed by atoms with van der Waals surface area (Å²) in [5.41, 5.74) is 1.11.